The zero-order valence-electron chi connectivity index (χ0n) is 18.9. The molecule has 0 unspecified atom stereocenters. The Labute approximate surface area is 188 Å². The summed E-state index contributed by atoms with van der Waals surface area (Å²) in [7, 11) is 0. The second-order valence-electron chi connectivity index (χ2n) is 10.3. The molecule has 1 saturated carbocycles. The Morgan fingerprint density at radius 1 is 1.25 bits per heavy atom. The van der Waals surface area contributed by atoms with Gasteiger partial charge in [-0.3, -0.25) is 0 Å². The number of fused-ring (bicyclic) bond motifs is 3. The van der Waals surface area contributed by atoms with Crippen molar-refractivity contribution >= 4 is 17.1 Å². The number of hydrogen-bond acceptors (Lipinski definition) is 5. The van der Waals surface area contributed by atoms with Crippen LogP contribution in [0.3, 0.4) is 0 Å². The molecule has 4 aliphatic rings. The summed E-state index contributed by atoms with van der Waals surface area (Å²) in [6.45, 7) is 7.35. The molecule has 0 amide bonds. The minimum atomic E-state index is -0.343. The molecule has 0 N–H and O–H groups in total. The van der Waals surface area contributed by atoms with E-state index in [4.69, 9.17) is 13.9 Å². The summed E-state index contributed by atoms with van der Waals surface area (Å²) in [6, 6.07) is 5.17. The molecule has 6 rings (SSSR count). The van der Waals surface area contributed by atoms with E-state index in [0.29, 0.717) is 22.6 Å². The van der Waals surface area contributed by atoms with Crippen molar-refractivity contribution in [3.05, 3.63) is 64.6 Å². The molecular weight excluding hydrogens is 402 g/mol. The van der Waals surface area contributed by atoms with Crippen molar-refractivity contribution in [2.24, 2.45) is 11.3 Å². The van der Waals surface area contributed by atoms with Crippen LogP contribution in [0, 0.1) is 11.3 Å². The summed E-state index contributed by atoms with van der Waals surface area (Å²) in [5.74, 6) is 0.222. The number of oxazole rings is 1. The van der Waals surface area contributed by atoms with Gasteiger partial charge in [-0.2, -0.15) is 0 Å². The third-order valence-corrected chi connectivity index (χ3v) is 8.04. The largest absolute Gasteiger partial charge is 0.458 e. The fraction of sp³-hybridized carbons (Fsp3) is 0.481. The molecule has 5 nitrogen and oxygen atoms in total. The predicted octanol–water partition coefficient (Wildman–Crippen LogP) is 5.93. The number of nitrogens with zero attached hydrogens (tertiary/aromatic N) is 1. The van der Waals surface area contributed by atoms with Crippen LogP contribution >= 0.6 is 0 Å². The van der Waals surface area contributed by atoms with Gasteiger partial charge in [0.1, 0.15) is 17.7 Å². The molecule has 1 aromatic heterocycles. The average Bonchev–Trinajstić information content (AvgIpc) is 3.10. The van der Waals surface area contributed by atoms with Crippen LogP contribution in [0.5, 0.6) is 0 Å². The van der Waals surface area contributed by atoms with Crippen molar-refractivity contribution in [3.63, 3.8) is 0 Å². The van der Waals surface area contributed by atoms with Gasteiger partial charge in [0.25, 0.3) is 0 Å². The van der Waals surface area contributed by atoms with Crippen molar-refractivity contribution in [1.82, 2.24) is 4.98 Å². The molecule has 2 heterocycles. The number of ether oxygens (including phenoxy) is 2. The smallest absolute Gasteiger partial charge is 0.338 e. The summed E-state index contributed by atoms with van der Waals surface area (Å²) in [5.41, 5.74) is 7.63. The Morgan fingerprint density at radius 2 is 2.12 bits per heavy atom. The standard InChI is InChI=1S/C27H29NO4/c1-16(2)19-8-9-26(3)10-11-27-20(24(19)26)6-4-17(12-23(27)32-27)14-30-25(29)18-5-7-22-21(13-18)28-15-31-22/h4-7,13,15-16,23H,8-12,14H2,1-3H3/t23-,26+,27-/m0/s1. The fourth-order valence-corrected chi connectivity index (χ4v) is 6.13. The molecule has 1 saturated heterocycles. The van der Waals surface area contributed by atoms with E-state index in [1.807, 2.05) is 0 Å². The van der Waals surface area contributed by atoms with Gasteiger partial charge in [-0.05, 0) is 71.9 Å². The van der Waals surface area contributed by atoms with Crippen LogP contribution in [-0.2, 0) is 9.47 Å². The maximum absolute atomic E-state index is 12.6. The maximum Gasteiger partial charge on any atom is 0.338 e. The van der Waals surface area contributed by atoms with E-state index in [1.54, 1.807) is 29.3 Å². The predicted molar refractivity (Wildman–Crippen MR) is 121 cm³/mol. The second-order valence-corrected chi connectivity index (χ2v) is 10.3. The minimum absolute atomic E-state index is 0.125. The number of hydrogen-bond donors (Lipinski definition) is 0. The van der Waals surface area contributed by atoms with Crippen LogP contribution in [0.25, 0.3) is 11.1 Å². The van der Waals surface area contributed by atoms with Gasteiger partial charge in [-0.25, -0.2) is 9.78 Å². The highest BCUT2D eigenvalue weighted by atomic mass is 16.6. The molecule has 32 heavy (non-hydrogen) atoms. The lowest BCUT2D eigenvalue weighted by Crippen LogP contribution is -2.34. The summed E-state index contributed by atoms with van der Waals surface area (Å²) in [4.78, 5) is 16.7. The minimum Gasteiger partial charge on any atom is -0.458 e. The SMILES string of the molecule is CC(C)C1=C2C3=CC=C(COC(=O)c4ccc5ocnc5c4)C[C@@H]4O[C@@]34CC[C@@]2(C)CC1. The lowest BCUT2D eigenvalue weighted by molar-refractivity contribution is 0.0536. The highest BCUT2D eigenvalue weighted by Gasteiger charge is 2.64. The van der Waals surface area contributed by atoms with Crippen LogP contribution in [0.4, 0.5) is 0 Å². The molecule has 5 heteroatoms. The molecule has 0 radical (unpaired) electrons. The van der Waals surface area contributed by atoms with Crippen LogP contribution in [0.1, 0.15) is 63.2 Å². The zero-order valence-corrected chi connectivity index (χ0v) is 18.9. The summed E-state index contributed by atoms with van der Waals surface area (Å²) < 4.78 is 17.3. The van der Waals surface area contributed by atoms with Crippen molar-refractivity contribution in [3.8, 4) is 0 Å². The highest BCUT2D eigenvalue weighted by molar-refractivity contribution is 5.93. The molecule has 1 aromatic carbocycles. The molecule has 1 aliphatic heterocycles. The number of aromatic nitrogens is 1. The number of allylic oxidation sites excluding steroid dienone is 3. The van der Waals surface area contributed by atoms with E-state index >= 15 is 0 Å². The first kappa shape index (κ1) is 20.0. The van der Waals surface area contributed by atoms with Gasteiger partial charge >= 0.3 is 5.97 Å². The molecule has 0 bridgehead atoms. The zero-order chi connectivity index (χ0) is 22.1. The van der Waals surface area contributed by atoms with E-state index in [2.05, 4.69) is 37.9 Å². The monoisotopic (exact) mass is 431 g/mol. The summed E-state index contributed by atoms with van der Waals surface area (Å²) in [6.07, 6.45) is 11.6. The first-order chi connectivity index (χ1) is 15.4. The Bertz CT molecular complexity index is 1220. The van der Waals surface area contributed by atoms with Gasteiger partial charge in [-0.15, -0.1) is 0 Å². The number of esters is 1. The van der Waals surface area contributed by atoms with E-state index in [0.717, 1.165) is 18.4 Å². The average molecular weight is 432 g/mol. The van der Waals surface area contributed by atoms with E-state index in [1.165, 1.54) is 31.2 Å². The van der Waals surface area contributed by atoms with Gasteiger partial charge in [0.2, 0.25) is 0 Å². The van der Waals surface area contributed by atoms with E-state index < -0.39 is 0 Å². The third-order valence-electron chi connectivity index (χ3n) is 8.04. The molecule has 3 aliphatic carbocycles. The number of epoxide rings is 1. The topological polar surface area (TPSA) is 64.9 Å². The molecule has 166 valence electrons. The molecule has 3 atom stereocenters. The molecule has 2 fully saturated rings. The Morgan fingerprint density at radius 3 is 2.97 bits per heavy atom. The summed E-state index contributed by atoms with van der Waals surface area (Å²) >= 11 is 0. The highest BCUT2D eigenvalue weighted by Crippen LogP contribution is 2.65. The maximum atomic E-state index is 12.6. The van der Waals surface area contributed by atoms with Gasteiger partial charge < -0.3 is 13.9 Å². The molecule has 2 aromatic rings. The number of carbonyl (C=O) groups excluding carboxylic acids is 1. The molecular formula is C27H29NO4. The summed E-state index contributed by atoms with van der Waals surface area (Å²) in [5, 5.41) is 0. The van der Waals surface area contributed by atoms with Gasteiger partial charge in [0.15, 0.2) is 12.0 Å². The lowest BCUT2D eigenvalue weighted by atomic mass is 9.64. The Balaban J connectivity index is 1.25. The number of carbonyl (C=O) groups is 1. The number of benzene rings is 1. The van der Waals surface area contributed by atoms with Crippen molar-refractivity contribution in [2.45, 2.75) is 64.6 Å². The quantitative estimate of drug-likeness (QED) is 0.444. The van der Waals surface area contributed by atoms with Crippen LogP contribution in [-0.4, -0.2) is 29.3 Å². The van der Waals surface area contributed by atoms with E-state index in [9.17, 15) is 4.79 Å². The van der Waals surface area contributed by atoms with Crippen LogP contribution < -0.4 is 0 Å². The van der Waals surface area contributed by atoms with Crippen LogP contribution in [0.2, 0.25) is 0 Å². The first-order valence-electron chi connectivity index (χ1n) is 11.7. The second kappa shape index (κ2) is 6.92. The Hall–Kier alpha value is -2.66. The van der Waals surface area contributed by atoms with Gasteiger partial charge in [0, 0.05) is 6.42 Å². The van der Waals surface area contributed by atoms with Crippen LogP contribution in [0.15, 0.2) is 63.5 Å². The first-order valence-corrected chi connectivity index (χ1v) is 11.7. The van der Waals surface area contributed by atoms with Gasteiger partial charge in [-0.1, -0.05) is 38.5 Å². The van der Waals surface area contributed by atoms with Crippen molar-refractivity contribution < 1.29 is 18.7 Å². The van der Waals surface area contributed by atoms with Crippen molar-refractivity contribution in [1.29, 1.82) is 0 Å². The third kappa shape index (κ3) is 2.94. The van der Waals surface area contributed by atoms with Crippen molar-refractivity contribution in [2.75, 3.05) is 6.61 Å². The Kier molecular flexibility index (Phi) is 4.32. The normalized spacial score (nSPS) is 30.9. The lowest BCUT2D eigenvalue weighted by Gasteiger charge is -2.39. The fourth-order valence-electron chi connectivity index (χ4n) is 6.13. The van der Waals surface area contributed by atoms with E-state index in [-0.39, 0.29) is 29.7 Å². The van der Waals surface area contributed by atoms with Gasteiger partial charge in [0.05, 0.1) is 11.7 Å². The number of rotatable bonds is 4. The molecule has 1 spiro atoms.